The molecule has 0 saturated heterocycles. The van der Waals surface area contributed by atoms with Crippen LogP contribution in [0.25, 0.3) is 0 Å². The predicted molar refractivity (Wildman–Crippen MR) is 70.7 cm³/mol. The van der Waals surface area contributed by atoms with Crippen molar-refractivity contribution in [2.45, 2.75) is 26.4 Å². The average Bonchev–Trinajstić information content (AvgIpc) is 2.37. The highest BCUT2D eigenvalue weighted by Crippen LogP contribution is 2.11. The van der Waals surface area contributed by atoms with E-state index in [2.05, 4.69) is 48.4 Å². The van der Waals surface area contributed by atoms with E-state index in [0.29, 0.717) is 6.04 Å². The van der Waals surface area contributed by atoms with Gasteiger partial charge < -0.3 is 5.32 Å². The largest absolute Gasteiger partial charge is 0.306 e. The lowest BCUT2D eigenvalue weighted by atomic mass is 10.1. The van der Waals surface area contributed by atoms with E-state index in [0.717, 1.165) is 6.54 Å². The number of rotatable bonds is 4. The maximum atomic E-state index is 4.03. The van der Waals surface area contributed by atoms with Crippen LogP contribution in [0.15, 0.2) is 48.8 Å². The van der Waals surface area contributed by atoms with E-state index in [1.165, 1.54) is 16.7 Å². The summed E-state index contributed by atoms with van der Waals surface area (Å²) in [6, 6.07) is 13.0. The molecule has 0 radical (unpaired) electrons. The van der Waals surface area contributed by atoms with Gasteiger partial charge >= 0.3 is 0 Å². The van der Waals surface area contributed by atoms with Gasteiger partial charge in [-0.25, -0.2) is 0 Å². The number of benzene rings is 1. The second kappa shape index (κ2) is 5.60. The minimum absolute atomic E-state index is 0.346. The Hall–Kier alpha value is -1.67. The lowest BCUT2D eigenvalue weighted by Gasteiger charge is -2.14. The summed E-state index contributed by atoms with van der Waals surface area (Å²) in [4.78, 5) is 4.03. The van der Waals surface area contributed by atoms with Gasteiger partial charge in [0, 0.05) is 25.0 Å². The van der Waals surface area contributed by atoms with Crippen molar-refractivity contribution in [1.29, 1.82) is 0 Å². The van der Waals surface area contributed by atoms with Crippen molar-refractivity contribution in [3.63, 3.8) is 0 Å². The van der Waals surface area contributed by atoms with Gasteiger partial charge in [0.05, 0.1) is 0 Å². The highest BCUT2D eigenvalue weighted by molar-refractivity contribution is 5.22. The van der Waals surface area contributed by atoms with Gasteiger partial charge in [-0.3, -0.25) is 4.98 Å². The number of aryl methyl sites for hydroxylation is 1. The lowest BCUT2D eigenvalue weighted by molar-refractivity contribution is 0.574. The van der Waals surface area contributed by atoms with Crippen LogP contribution < -0.4 is 5.32 Å². The molecule has 2 nitrogen and oxygen atoms in total. The topological polar surface area (TPSA) is 24.9 Å². The van der Waals surface area contributed by atoms with Crippen molar-refractivity contribution in [3.05, 3.63) is 65.5 Å². The molecular formula is C15H18N2. The molecule has 17 heavy (non-hydrogen) atoms. The summed E-state index contributed by atoms with van der Waals surface area (Å²) in [5.41, 5.74) is 3.90. The van der Waals surface area contributed by atoms with Crippen LogP contribution in [0.3, 0.4) is 0 Å². The van der Waals surface area contributed by atoms with Gasteiger partial charge in [-0.2, -0.15) is 0 Å². The van der Waals surface area contributed by atoms with Gasteiger partial charge in [-0.1, -0.05) is 29.8 Å². The number of hydrogen-bond donors (Lipinski definition) is 1. The summed E-state index contributed by atoms with van der Waals surface area (Å²) in [7, 11) is 0. The number of pyridine rings is 1. The molecule has 1 aromatic heterocycles. The Balaban J connectivity index is 1.95. The van der Waals surface area contributed by atoms with Crippen LogP contribution in [0.2, 0.25) is 0 Å². The van der Waals surface area contributed by atoms with Gasteiger partial charge in [-0.05, 0) is 37.1 Å². The van der Waals surface area contributed by atoms with Crippen LogP contribution >= 0.6 is 0 Å². The van der Waals surface area contributed by atoms with Gasteiger partial charge in [-0.15, -0.1) is 0 Å². The Kier molecular flexibility index (Phi) is 3.89. The van der Waals surface area contributed by atoms with Gasteiger partial charge in [0.1, 0.15) is 0 Å². The lowest BCUT2D eigenvalue weighted by Crippen LogP contribution is -2.18. The van der Waals surface area contributed by atoms with E-state index in [-0.39, 0.29) is 0 Å². The molecule has 0 aliphatic carbocycles. The average molecular weight is 226 g/mol. The monoisotopic (exact) mass is 226 g/mol. The molecule has 1 N–H and O–H groups in total. The summed E-state index contributed by atoms with van der Waals surface area (Å²) >= 11 is 0. The highest BCUT2D eigenvalue weighted by atomic mass is 14.9. The van der Waals surface area contributed by atoms with Gasteiger partial charge in [0.2, 0.25) is 0 Å². The maximum absolute atomic E-state index is 4.03. The predicted octanol–water partition coefficient (Wildman–Crippen LogP) is 3.24. The molecule has 0 fully saturated rings. The van der Waals surface area contributed by atoms with Crippen LogP contribution in [-0.2, 0) is 6.54 Å². The van der Waals surface area contributed by atoms with E-state index in [1.54, 1.807) is 0 Å². The Labute approximate surface area is 103 Å². The third-order valence-electron chi connectivity index (χ3n) is 2.90. The fourth-order valence-corrected chi connectivity index (χ4v) is 1.86. The molecule has 0 bridgehead atoms. The van der Waals surface area contributed by atoms with Crippen LogP contribution in [0.5, 0.6) is 0 Å². The first-order valence-corrected chi connectivity index (χ1v) is 5.94. The number of nitrogens with zero attached hydrogens (tertiary/aromatic N) is 1. The molecule has 1 atom stereocenters. The summed E-state index contributed by atoms with van der Waals surface area (Å²) in [5.74, 6) is 0. The van der Waals surface area contributed by atoms with Crippen molar-refractivity contribution in [1.82, 2.24) is 10.3 Å². The van der Waals surface area contributed by atoms with Crippen LogP contribution in [0, 0.1) is 6.92 Å². The minimum Gasteiger partial charge on any atom is -0.306 e. The summed E-state index contributed by atoms with van der Waals surface area (Å²) < 4.78 is 0. The zero-order valence-corrected chi connectivity index (χ0v) is 10.4. The molecule has 0 amide bonds. The van der Waals surface area contributed by atoms with E-state index >= 15 is 0 Å². The van der Waals surface area contributed by atoms with E-state index in [4.69, 9.17) is 0 Å². The molecule has 0 saturated carbocycles. The smallest absolute Gasteiger partial charge is 0.0296 e. The third-order valence-corrected chi connectivity index (χ3v) is 2.90. The summed E-state index contributed by atoms with van der Waals surface area (Å²) in [5, 5.41) is 3.51. The second-order valence-corrected chi connectivity index (χ2v) is 4.37. The van der Waals surface area contributed by atoms with Crippen LogP contribution in [0.1, 0.15) is 29.7 Å². The zero-order valence-electron chi connectivity index (χ0n) is 10.4. The molecule has 0 spiro atoms. The van der Waals surface area contributed by atoms with Crippen molar-refractivity contribution in [2.24, 2.45) is 0 Å². The van der Waals surface area contributed by atoms with Gasteiger partial charge in [0.25, 0.3) is 0 Å². The third kappa shape index (κ3) is 3.40. The number of nitrogens with one attached hydrogen (secondary N) is 1. The van der Waals surface area contributed by atoms with E-state index < -0.39 is 0 Å². The first-order chi connectivity index (χ1) is 8.25. The SMILES string of the molecule is Cc1cccc(CNC(C)c2ccncc2)c1. The fraction of sp³-hybridized carbons (Fsp3) is 0.267. The van der Waals surface area contributed by atoms with E-state index in [9.17, 15) is 0 Å². The quantitative estimate of drug-likeness (QED) is 0.865. The molecule has 1 unspecified atom stereocenters. The summed E-state index contributed by atoms with van der Waals surface area (Å²) in [6.45, 7) is 5.19. The molecular weight excluding hydrogens is 208 g/mol. The van der Waals surface area contributed by atoms with E-state index in [1.807, 2.05) is 24.5 Å². The molecule has 2 aromatic rings. The van der Waals surface area contributed by atoms with Crippen LogP contribution in [-0.4, -0.2) is 4.98 Å². The fourth-order valence-electron chi connectivity index (χ4n) is 1.86. The highest BCUT2D eigenvalue weighted by Gasteiger charge is 2.03. The minimum atomic E-state index is 0.346. The molecule has 0 aliphatic rings. The van der Waals surface area contributed by atoms with Crippen molar-refractivity contribution < 1.29 is 0 Å². The molecule has 0 aliphatic heterocycles. The summed E-state index contributed by atoms with van der Waals surface area (Å²) in [6.07, 6.45) is 3.67. The standard InChI is InChI=1S/C15H18N2/c1-12-4-3-5-14(10-12)11-17-13(2)15-6-8-16-9-7-15/h3-10,13,17H,11H2,1-2H3. The van der Waals surface area contributed by atoms with Gasteiger partial charge in [0.15, 0.2) is 0 Å². The Bertz CT molecular complexity index is 465. The molecule has 1 aromatic carbocycles. The first kappa shape index (κ1) is 11.8. The Morgan fingerprint density at radius 2 is 1.94 bits per heavy atom. The number of aromatic nitrogens is 1. The van der Waals surface area contributed by atoms with Crippen molar-refractivity contribution in [2.75, 3.05) is 0 Å². The first-order valence-electron chi connectivity index (χ1n) is 5.94. The molecule has 88 valence electrons. The second-order valence-electron chi connectivity index (χ2n) is 4.37. The number of hydrogen-bond acceptors (Lipinski definition) is 2. The molecule has 1 heterocycles. The Morgan fingerprint density at radius 3 is 2.65 bits per heavy atom. The Morgan fingerprint density at radius 1 is 1.18 bits per heavy atom. The normalized spacial score (nSPS) is 12.4. The van der Waals surface area contributed by atoms with Crippen molar-refractivity contribution in [3.8, 4) is 0 Å². The maximum Gasteiger partial charge on any atom is 0.0296 e. The van der Waals surface area contributed by atoms with Crippen molar-refractivity contribution >= 4 is 0 Å². The zero-order chi connectivity index (χ0) is 12.1. The van der Waals surface area contributed by atoms with Crippen LogP contribution in [0.4, 0.5) is 0 Å². The molecule has 2 rings (SSSR count). The molecule has 2 heteroatoms.